The van der Waals surface area contributed by atoms with Crippen molar-refractivity contribution in [3.8, 4) is 64.9 Å². The number of benzene rings is 4. The molecule has 4 aromatic carbocycles. The van der Waals surface area contributed by atoms with Gasteiger partial charge in [0.1, 0.15) is 39.7 Å². The van der Waals surface area contributed by atoms with Gasteiger partial charge in [-0.3, -0.25) is 4.98 Å². The average Bonchev–Trinajstić information content (AvgIpc) is 3.88. The predicted molar refractivity (Wildman–Crippen MR) is 186 cm³/mol. The second-order valence-corrected chi connectivity index (χ2v) is 12.8. The van der Waals surface area contributed by atoms with E-state index in [1.165, 1.54) is 11.7 Å². The normalized spacial score (nSPS) is 11.1. The van der Waals surface area contributed by atoms with Crippen LogP contribution in [0, 0.1) is 0 Å². The van der Waals surface area contributed by atoms with Crippen LogP contribution in [-0.4, -0.2) is 13.7 Å². The number of aromatic nitrogens is 3. The van der Waals surface area contributed by atoms with Gasteiger partial charge in [-0.2, -0.15) is 8.75 Å². The first kappa shape index (κ1) is 27.4. The lowest BCUT2D eigenvalue weighted by atomic mass is 10.1. The fraction of sp³-hybridized carbons (Fsp3) is 0. The average molecular weight is 638 g/mol. The van der Waals surface area contributed by atoms with Gasteiger partial charge >= 0.3 is 0 Å². The van der Waals surface area contributed by atoms with E-state index in [1.807, 2.05) is 103 Å². The molecule has 8 heteroatoms. The number of thiophene rings is 2. The standard InChI is InChI=1S/C37H23N3O2S3/c1-3-11-24(12-4-1)41-29-17-9-7-15-26(29)31-19-20-33(43-31)28-23-38-36(37-35(28)39-45-40-37)34-22-21-32(44-34)27-16-8-10-18-30(27)42-25-13-5-2-6-14-25/h1-23H. The van der Waals surface area contributed by atoms with Crippen molar-refractivity contribution in [2.24, 2.45) is 0 Å². The van der Waals surface area contributed by atoms with Crippen LogP contribution in [0.2, 0.25) is 0 Å². The third-order valence-corrected chi connectivity index (χ3v) is 10.1. The maximum atomic E-state index is 6.24. The van der Waals surface area contributed by atoms with Gasteiger partial charge in [0, 0.05) is 37.5 Å². The second-order valence-electron chi connectivity index (χ2n) is 10.1. The molecule has 0 fully saturated rings. The monoisotopic (exact) mass is 637 g/mol. The fourth-order valence-corrected chi connectivity index (χ4v) is 7.76. The molecule has 8 aromatic rings. The van der Waals surface area contributed by atoms with Crippen LogP contribution in [0.4, 0.5) is 0 Å². The van der Waals surface area contributed by atoms with E-state index < -0.39 is 0 Å². The van der Waals surface area contributed by atoms with E-state index in [-0.39, 0.29) is 0 Å². The Labute approximate surface area is 272 Å². The number of para-hydroxylation sites is 4. The first-order valence-corrected chi connectivity index (χ1v) is 16.6. The molecule has 4 aromatic heterocycles. The highest BCUT2D eigenvalue weighted by atomic mass is 32.1. The Balaban J connectivity index is 1.11. The van der Waals surface area contributed by atoms with E-state index in [9.17, 15) is 0 Å². The van der Waals surface area contributed by atoms with E-state index in [2.05, 4.69) is 36.4 Å². The first-order valence-electron chi connectivity index (χ1n) is 14.3. The lowest BCUT2D eigenvalue weighted by molar-refractivity contribution is 0.484. The van der Waals surface area contributed by atoms with Crippen LogP contribution in [0.5, 0.6) is 23.0 Å². The molecular formula is C37H23N3O2S3. The summed E-state index contributed by atoms with van der Waals surface area (Å²) in [5.41, 5.74) is 5.54. The zero-order valence-corrected chi connectivity index (χ0v) is 26.1. The minimum Gasteiger partial charge on any atom is -0.457 e. The maximum absolute atomic E-state index is 6.24. The van der Waals surface area contributed by atoms with Gasteiger partial charge in [0.15, 0.2) is 0 Å². The molecule has 0 spiro atoms. The van der Waals surface area contributed by atoms with Gasteiger partial charge in [0.05, 0.1) is 16.6 Å². The molecule has 0 bridgehead atoms. The number of fused-ring (bicyclic) bond motifs is 1. The van der Waals surface area contributed by atoms with Crippen molar-refractivity contribution in [3.63, 3.8) is 0 Å². The van der Waals surface area contributed by atoms with Crippen LogP contribution in [0.1, 0.15) is 0 Å². The molecule has 0 radical (unpaired) electrons. The van der Waals surface area contributed by atoms with Crippen molar-refractivity contribution >= 4 is 45.4 Å². The number of nitrogens with zero attached hydrogens (tertiary/aromatic N) is 3. The minimum atomic E-state index is 0.804. The molecule has 0 amide bonds. The predicted octanol–water partition coefficient (Wildman–Crippen LogP) is 11.5. The summed E-state index contributed by atoms with van der Waals surface area (Å²) in [7, 11) is 0. The summed E-state index contributed by atoms with van der Waals surface area (Å²) in [6.45, 7) is 0. The van der Waals surface area contributed by atoms with E-state index in [0.717, 1.165) is 75.9 Å². The largest absolute Gasteiger partial charge is 0.457 e. The van der Waals surface area contributed by atoms with Gasteiger partial charge in [-0.05, 0) is 72.8 Å². The summed E-state index contributed by atoms with van der Waals surface area (Å²) in [5, 5.41) is 0. The maximum Gasteiger partial charge on any atom is 0.136 e. The first-order chi connectivity index (χ1) is 22.3. The Kier molecular flexibility index (Phi) is 7.36. The molecule has 8 rings (SSSR count). The molecule has 0 N–H and O–H groups in total. The van der Waals surface area contributed by atoms with Crippen molar-refractivity contribution in [1.82, 2.24) is 13.7 Å². The number of hydrogen-bond donors (Lipinski definition) is 0. The van der Waals surface area contributed by atoms with Gasteiger partial charge in [0.25, 0.3) is 0 Å². The summed E-state index contributed by atoms with van der Waals surface area (Å²) in [4.78, 5) is 9.26. The Morgan fingerprint density at radius 2 is 0.889 bits per heavy atom. The van der Waals surface area contributed by atoms with Crippen molar-refractivity contribution < 1.29 is 9.47 Å². The molecule has 45 heavy (non-hydrogen) atoms. The Morgan fingerprint density at radius 1 is 0.422 bits per heavy atom. The summed E-state index contributed by atoms with van der Waals surface area (Å²) in [5.74, 6) is 3.24. The second kappa shape index (κ2) is 12.1. The Hall–Kier alpha value is -5.15. The highest BCUT2D eigenvalue weighted by molar-refractivity contribution is 7.19. The van der Waals surface area contributed by atoms with E-state index >= 15 is 0 Å². The highest BCUT2D eigenvalue weighted by Gasteiger charge is 2.19. The highest BCUT2D eigenvalue weighted by Crippen LogP contribution is 2.44. The third kappa shape index (κ3) is 5.51. The lowest BCUT2D eigenvalue weighted by Crippen LogP contribution is -1.87. The van der Waals surface area contributed by atoms with Gasteiger partial charge in [-0.1, -0.05) is 60.7 Å². The molecular weight excluding hydrogens is 615 g/mol. The smallest absolute Gasteiger partial charge is 0.136 e. The topological polar surface area (TPSA) is 57.1 Å². The zero-order valence-electron chi connectivity index (χ0n) is 23.7. The van der Waals surface area contributed by atoms with Crippen LogP contribution in [-0.2, 0) is 0 Å². The molecule has 0 saturated heterocycles. The molecule has 0 aliphatic rings. The number of rotatable bonds is 8. The van der Waals surface area contributed by atoms with Crippen molar-refractivity contribution in [1.29, 1.82) is 0 Å². The number of ether oxygens (including phenoxy) is 2. The SMILES string of the molecule is c1ccc(Oc2ccccc2-c2ccc(-c3cnc(-c4ccc(-c5ccccc5Oc5ccccc5)s4)c4nsnc34)s2)cc1. The van der Waals surface area contributed by atoms with Crippen molar-refractivity contribution in [2.45, 2.75) is 0 Å². The fourth-order valence-electron chi connectivity index (χ4n) is 5.12. The van der Waals surface area contributed by atoms with Crippen LogP contribution >= 0.6 is 34.4 Å². The molecule has 0 unspecified atom stereocenters. The molecule has 0 atom stereocenters. The quantitative estimate of drug-likeness (QED) is 0.166. The summed E-state index contributed by atoms with van der Waals surface area (Å²) < 4.78 is 21.9. The van der Waals surface area contributed by atoms with E-state index in [1.54, 1.807) is 22.7 Å². The van der Waals surface area contributed by atoms with Crippen molar-refractivity contribution in [2.75, 3.05) is 0 Å². The summed E-state index contributed by atoms with van der Waals surface area (Å²) in [6, 6.07) is 44.4. The van der Waals surface area contributed by atoms with Crippen LogP contribution in [0.25, 0.3) is 52.9 Å². The molecule has 0 saturated carbocycles. The third-order valence-electron chi connectivity index (χ3n) is 7.25. The molecule has 5 nitrogen and oxygen atoms in total. The van der Waals surface area contributed by atoms with Gasteiger partial charge in [-0.15, -0.1) is 22.7 Å². The van der Waals surface area contributed by atoms with Crippen molar-refractivity contribution in [3.05, 3.63) is 140 Å². The molecule has 4 heterocycles. The van der Waals surface area contributed by atoms with Gasteiger partial charge in [0.2, 0.25) is 0 Å². The number of pyridine rings is 1. The van der Waals surface area contributed by atoms with Gasteiger partial charge < -0.3 is 9.47 Å². The Morgan fingerprint density at radius 3 is 1.49 bits per heavy atom. The van der Waals surface area contributed by atoms with Crippen LogP contribution < -0.4 is 9.47 Å². The molecule has 0 aliphatic carbocycles. The van der Waals surface area contributed by atoms with E-state index in [0.29, 0.717) is 0 Å². The Bertz CT molecular complexity index is 2080. The lowest BCUT2D eigenvalue weighted by Gasteiger charge is -2.10. The molecule has 216 valence electrons. The summed E-state index contributed by atoms with van der Waals surface area (Å²) in [6.07, 6.45) is 1.92. The summed E-state index contributed by atoms with van der Waals surface area (Å²) >= 11 is 4.58. The number of hydrogen-bond acceptors (Lipinski definition) is 8. The van der Waals surface area contributed by atoms with Gasteiger partial charge in [-0.25, -0.2) is 0 Å². The van der Waals surface area contributed by atoms with Crippen LogP contribution in [0.15, 0.2) is 140 Å². The van der Waals surface area contributed by atoms with E-state index in [4.69, 9.17) is 23.2 Å². The zero-order chi connectivity index (χ0) is 30.0. The van der Waals surface area contributed by atoms with Crippen LogP contribution in [0.3, 0.4) is 0 Å². The molecule has 0 aliphatic heterocycles. The minimum absolute atomic E-state index is 0.804.